The van der Waals surface area contributed by atoms with E-state index in [0.717, 1.165) is 19.5 Å². The van der Waals surface area contributed by atoms with Gasteiger partial charge in [-0.2, -0.15) is 0 Å². The Morgan fingerprint density at radius 1 is 1.44 bits per heavy atom. The van der Waals surface area contributed by atoms with Crippen molar-refractivity contribution in [2.24, 2.45) is 0 Å². The number of terminal acetylenes is 1. The summed E-state index contributed by atoms with van der Waals surface area (Å²) in [4.78, 5) is 2.56. The molecule has 1 fully saturated rings. The van der Waals surface area contributed by atoms with Gasteiger partial charge in [0.1, 0.15) is 0 Å². The molecule has 1 unspecified atom stereocenters. The van der Waals surface area contributed by atoms with Gasteiger partial charge < -0.3 is 5.32 Å². The van der Waals surface area contributed by atoms with Crippen LogP contribution in [0.4, 0.5) is 0 Å². The molecule has 0 aromatic rings. The first kappa shape index (κ1) is 13.5. The van der Waals surface area contributed by atoms with Gasteiger partial charge in [-0.3, -0.25) is 4.90 Å². The van der Waals surface area contributed by atoms with E-state index < -0.39 is 0 Å². The maximum absolute atomic E-state index is 5.42. The second-order valence-electron chi connectivity index (χ2n) is 5.00. The molecule has 0 bridgehead atoms. The zero-order valence-corrected chi connectivity index (χ0v) is 11.1. The van der Waals surface area contributed by atoms with Crippen LogP contribution in [0.15, 0.2) is 0 Å². The molecule has 2 heteroatoms. The van der Waals surface area contributed by atoms with Crippen molar-refractivity contribution in [2.45, 2.75) is 58.0 Å². The van der Waals surface area contributed by atoms with Gasteiger partial charge in [-0.05, 0) is 39.3 Å². The lowest BCUT2D eigenvalue weighted by atomic mass is 9.92. The number of nitrogens with one attached hydrogen (secondary N) is 1. The van der Waals surface area contributed by atoms with Gasteiger partial charge in [-0.1, -0.05) is 13.8 Å². The van der Waals surface area contributed by atoms with Crippen LogP contribution in [0.25, 0.3) is 0 Å². The average molecular weight is 222 g/mol. The third kappa shape index (κ3) is 3.23. The summed E-state index contributed by atoms with van der Waals surface area (Å²) >= 11 is 0. The Balaban J connectivity index is 2.68. The van der Waals surface area contributed by atoms with Crippen molar-refractivity contribution >= 4 is 0 Å². The van der Waals surface area contributed by atoms with Crippen LogP contribution < -0.4 is 5.32 Å². The fourth-order valence-electron chi connectivity index (χ4n) is 2.56. The van der Waals surface area contributed by atoms with Gasteiger partial charge in [0.25, 0.3) is 0 Å². The summed E-state index contributed by atoms with van der Waals surface area (Å²) in [5.74, 6) is 2.79. The van der Waals surface area contributed by atoms with Gasteiger partial charge in [0.05, 0.1) is 0 Å². The standard InChI is InChI=1S/C14H26N2/c1-5-9-13(4)16-11-8-10-15-14(6-2,7-3)12-16/h1,13,15H,6-12H2,2-4H3. The van der Waals surface area contributed by atoms with E-state index in [1.807, 2.05) is 0 Å². The lowest BCUT2D eigenvalue weighted by molar-refractivity contribution is 0.158. The first-order valence-electron chi connectivity index (χ1n) is 6.60. The van der Waals surface area contributed by atoms with Crippen LogP contribution in [-0.4, -0.2) is 36.1 Å². The monoisotopic (exact) mass is 222 g/mol. The average Bonchev–Trinajstić information content (AvgIpc) is 2.52. The third-order valence-electron chi connectivity index (χ3n) is 4.02. The van der Waals surface area contributed by atoms with Crippen molar-refractivity contribution in [2.75, 3.05) is 19.6 Å². The van der Waals surface area contributed by atoms with E-state index in [-0.39, 0.29) is 0 Å². The van der Waals surface area contributed by atoms with E-state index in [0.29, 0.717) is 11.6 Å². The molecule has 0 amide bonds. The third-order valence-corrected chi connectivity index (χ3v) is 4.02. The molecule has 1 heterocycles. The molecule has 0 aromatic heterocycles. The molecule has 0 aliphatic carbocycles. The summed E-state index contributed by atoms with van der Waals surface area (Å²) in [6.45, 7) is 10.3. The van der Waals surface area contributed by atoms with Crippen molar-refractivity contribution in [1.29, 1.82) is 0 Å². The molecule has 16 heavy (non-hydrogen) atoms. The van der Waals surface area contributed by atoms with E-state index in [2.05, 4.69) is 36.9 Å². The highest BCUT2D eigenvalue weighted by Gasteiger charge is 2.31. The fraction of sp³-hybridized carbons (Fsp3) is 0.857. The topological polar surface area (TPSA) is 15.3 Å². The highest BCUT2D eigenvalue weighted by molar-refractivity contribution is 4.95. The second-order valence-corrected chi connectivity index (χ2v) is 5.00. The first-order valence-corrected chi connectivity index (χ1v) is 6.60. The Kier molecular flexibility index (Phi) is 5.31. The molecule has 0 aromatic carbocycles. The van der Waals surface area contributed by atoms with Gasteiger partial charge in [-0.25, -0.2) is 0 Å². The summed E-state index contributed by atoms with van der Waals surface area (Å²) in [6.07, 6.45) is 9.91. The summed E-state index contributed by atoms with van der Waals surface area (Å²) in [7, 11) is 0. The minimum atomic E-state index is 0.305. The second kappa shape index (κ2) is 6.27. The van der Waals surface area contributed by atoms with Crippen LogP contribution in [-0.2, 0) is 0 Å². The minimum absolute atomic E-state index is 0.305. The molecule has 1 atom stereocenters. The summed E-state index contributed by atoms with van der Waals surface area (Å²) < 4.78 is 0. The Hall–Kier alpha value is -0.520. The zero-order valence-electron chi connectivity index (χ0n) is 11.1. The molecule has 2 nitrogen and oxygen atoms in total. The van der Waals surface area contributed by atoms with Gasteiger partial charge in [0.15, 0.2) is 0 Å². The molecule has 1 rings (SSSR count). The lowest BCUT2D eigenvalue weighted by Crippen LogP contribution is -2.52. The Labute approximate surface area is 101 Å². The van der Waals surface area contributed by atoms with Crippen molar-refractivity contribution in [1.82, 2.24) is 10.2 Å². The van der Waals surface area contributed by atoms with Crippen LogP contribution in [0, 0.1) is 12.3 Å². The molecule has 1 aliphatic heterocycles. The Bertz CT molecular complexity index is 238. The predicted octanol–water partition coefficient (Wildman–Crippen LogP) is 2.25. The van der Waals surface area contributed by atoms with Crippen molar-refractivity contribution in [3.8, 4) is 12.3 Å². The number of hydrogen-bond donors (Lipinski definition) is 1. The van der Waals surface area contributed by atoms with Crippen LogP contribution in [0.5, 0.6) is 0 Å². The van der Waals surface area contributed by atoms with Gasteiger partial charge in [0.2, 0.25) is 0 Å². The van der Waals surface area contributed by atoms with Crippen LogP contribution in [0.2, 0.25) is 0 Å². The quantitative estimate of drug-likeness (QED) is 0.734. The number of nitrogens with zero attached hydrogens (tertiary/aromatic N) is 1. The van der Waals surface area contributed by atoms with Crippen molar-refractivity contribution in [3.05, 3.63) is 0 Å². The minimum Gasteiger partial charge on any atom is -0.310 e. The van der Waals surface area contributed by atoms with Crippen LogP contribution in [0.1, 0.15) is 46.5 Å². The van der Waals surface area contributed by atoms with Crippen LogP contribution >= 0.6 is 0 Å². The highest BCUT2D eigenvalue weighted by Crippen LogP contribution is 2.21. The van der Waals surface area contributed by atoms with E-state index in [4.69, 9.17) is 6.42 Å². The highest BCUT2D eigenvalue weighted by atomic mass is 15.2. The molecular weight excluding hydrogens is 196 g/mol. The first-order chi connectivity index (χ1) is 7.67. The van der Waals surface area contributed by atoms with Crippen molar-refractivity contribution in [3.63, 3.8) is 0 Å². The van der Waals surface area contributed by atoms with Crippen LogP contribution in [0.3, 0.4) is 0 Å². The smallest absolute Gasteiger partial charge is 0.0303 e. The summed E-state index contributed by atoms with van der Waals surface area (Å²) in [5.41, 5.74) is 0.305. The Morgan fingerprint density at radius 3 is 2.69 bits per heavy atom. The Morgan fingerprint density at radius 2 is 2.12 bits per heavy atom. The van der Waals surface area contributed by atoms with Crippen molar-refractivity contribution < 1.29 is 0 Å². The van der Waals surface area contributed by atoms with E-state index in [9.17, 15) is 0 Å². The molecule has 1 N–H and O–H groups in total. The number of hydrogen-bond acceptors (Lipinski definition) is 2. The molecule has 0 saturated carbocycles. The number of rotatable bonds is 4. The maximum atomic E-state index is 5.42. The largest absolute Gasteiger partial charge is 0.310 e. The SMILES string of the molecule is C#CCC(C)N1CCCNC(CC)(CC)C1. The molecule has 92 valence electrons. The summed E-state index contributed by atoms with van der Waals surface area (Å²) in [5, 5.41) is 3.73. The van der Waals surface area contributed by atoms with Gasteiger partial charge in [0, 0.05) is 24.5 Å². The normalized spacial score (nSPS) is 23.4. The molecular formula is C14H26N2. The van der Waals surface area contributed by atoms with Gasteiger partial charge >= 0.3 is 0 Å². The predicted molar refractivity (Wildman–Crippen MR) is 70.4 cm³/mol. The fourth-order valence-corrected chi connectivity index (χ4v) is 2.56. The van der Waals surface area contributed by atoms with Gasteiger partial charge in [-0.15, -0.1) is 12.3 Å². The van der Waals surface area contributed by atoms with E-state index >= 15 is 0 Å². The zero-order chi connectivity index (χ0) is 12.0. The molecule has 0 spiro atoms. The lowest BCUT2D eigenvalue weighted by Gasteiger charge is -2.37. The maximum Gasteiger partial charge on any atom is 0.0303 e. The van der Waals surface area contributed by atoms with E-state index in [1.54, 1.807) is 0 Å². The molecule has 0 radical (unpaired) electrons. The molecule has 1 saturated heterocycles. The summed E-state index contributed by atoms with van der Waals surface area (Å²) in [6, 6.07) is 0.516. The molecule has 1 aliphatic rings. The van der Waals surface area contributed by atoms with E-state index in [1.165, 1.54) is 25.8 Å².